The van der Waals surface area contributed by atoms with Crippen LogP contribution in [0.4, 0.5) is 0 Å². The van der Waals surface area contributed by atoms with Gasteiger partial charge in [0.05, 0.1) is 31.5 Å². The average molecular weight is 2610 g/mol. The first-order chi connectivity index (χ1) is 70.0. The Morgan fingerprint density at radius 3 is 1.13 bits per heavy atom. The van der Waals surface area contributed by atoms with E-state index < -0.39 is 66.6 Å². The topological polar surface area (TPSA) is 354 Å². The second-order valence-electron chi connectivity index (χ2n) is 35.7. The van der Waals surface area contributed by atoms with Crippen molar-refractivity contribution in [3.8, 4) is 154 Å². The zero-order chi connectivity index (χ0) is 108. The molecule has 23 nitrogen and oxygen atoms in total. The number of rotatable bonds is 33. The Kier molecular flexibility index (Phi) is 48.6. The number of aliphatic carboxylic acids is 1. The summed E-state index contributed by atoms with van der Waals surface area (Å²) in [4.78, 5) is 83.5. The van der Waals surface area contributed by atoms with Crippen LogP contribution in [-0.4, -0.2) is 132 Å². The van der Waals surface area contributed by atoms with Crippen LogP contribution in [0.25, 0.3) is 96.5 Å². The Balaban J connectivity index is 0.000000196. The summed E-state index contributed by atoms with van der Waals surface area (Å²) >= 11 is 16.4. The number of aryl methyl sites for hydroxylation is 7. The fourth-order valence-electron chi connectivity index (χ4n) is 15.7. The molecule has 0 bridgehead atoms. The number of thiazole rings is 5. The van der Waals surface area contributed by atoms with E-state index in [0.717, 1.165) is 62.3 Å². The van der Waals surface area contributed by atoms with Crippen molar-refractivity contribution in [2.45, 2.75) is 228 Å². The van der Waals surface area contributed by atoms with Crippen LogP contribution in [0, 0.1) is 52.0 Å². The SMILES string of the molecule is CC(=O)O.CC(=O)Oc1ccc(-c2ncc(Br)s2)cc1OC(C)=O.CCC[CH2][Sn]([CH2]CCC)([CH2]CCC)[c]1cnc(-c2ccc(C)c(C)c2)s1.CCC[CH2][Sn]([CH2]CCC)([CH2]CCC)[c]1cnc(-c2ccc(OC(C)=O)c(OC(C)=O)c2)s1.Cc1cc(Br)c(-c2ncc(-c3ccc(O)c(O)c3)s2)cc1C.Cc1ccc(-c2cnc(-c3cc(C)c(C)cc3I)s2)cc1.Oc1ccc(-c2cnc(-c3cc(O)c(O)cc3Br)o2)cc1O. The Hall–Kier alpha value is -9.74. The molecule has 0 radical (unpaired) electrons. The Bertz CT molecular complexity index is 6770. The quantitative estimate of drug-likeness (QED) is 0.00660. The fraction of sp³-hybridized carbons (Fsp3) is 0.319. The molecule has 0 aliphatic heterocycles. The second-order valence-corrected chi connectivity index (χ2v) is 73.5. The Labute approximate surface area is 928 Å². The number of hydrogen-bond donors (Lipinski definition) is 7. The predicted molar refractivity (Wildman–Crippen MR) is 623 cm³/mol. The smallest absolute Gasteiger partial charge is 0.228 e. The first kappa shape index (κ1) is 121. The van der Waals surface area contributed by atoms with E-state index in [0.29, 0.717) is 21.4 Å². The van der Waals surface area contributed by atoms with Crippen LogP contribution in [-0.2, 0) is 24.0 Å². The molecular formula is C113H128Br3IN6O17S5Sn2. The third-order valence-electron chi connectivity index (χ3n) is 24.0. The molecule has 0 fully saturated rings. The average Bonchev–Trinajstić information content (AvgIpc) is 1.66. The van der Waals surface area contributed by atoms with Gasteiger partial charge in [0, 0.05) is 67.9 Å². The summed E-state index contributed by atoms with van der Waals surface area (Å²) in [7, 11) is 0. The molecule has 34 heteroatoms. The fourth-order valence-corrected chi connectivity index (χ4v) is 60.4. The number of carboxylic acids is 1. The molecule has 0 unspecified atom stereocenters. The number of aromatic hydroxyl groups is 6. The minimum absolute atomic E-state index is 0.120. The van der Waals surface area contributed by atoms with Gasteiger partial charge < -0.3 is 49.6 Å². The van der Waals surface area contributed by atoms with Gasteiger partial charge >= 0.3 is 384 Å². The van der Waals surface area contributed by atoms with Gasteiger partial charge in [-0.25, -0.2) is 19.9 Å². The van der Waals surface area contributed by atoms with Gasteiger partial charge in [0.15, 0.2) is 51.8 Å². The molecule has 0 spiro atoms. The number of oxazole rings is 1. The van der Waals surface area contributed by atoms with Gasteiger partial charge in [-0.15, -0.1) is 34.0 Å². The molecule has 0 saturated carbocycles. The molecule has 0 amide bonds. The van der Waals surface area contributed by atoms with Crippen LogP contribution < -0.4 is 24.7 Å². The van der Waals surface area contributed by atoms with Crippen LogP contribution in [0.3, 0.4) is 0 Å². The van der Waals surface area contributed by atoms with Gasteiger partial charge in [-0.2, -0.15) is 0 Å². The monoisotopic (exact) mass is 2600 g/mol. The van der Waals surface area contributed by atoms with Crippen LogP contribution >= 0.6 is 127 Å². The molecule has 6 heterocycles. The molecule has 7 N–H and O–H groups in total. The number of hydrogen-bond acceptors (Lipinski definition) is 27. The van der Waals surface area contributed by atoms with Crippen molar-refractivity contribution in [2.24, 2.45) is 0 Å². The molecule has 0 aliphatic carbocycles. The van der Waals surface area contributed by atoms with Crippen LogP contribution in [0.5, 0.6) is 57.5 Å². The number of aromatic nitrogens is 6. The largest absolute Gasteiger partial charge is 0.504 e. The maximum atomic E-state index is 11.6. The van der Waals surface area contributed by atoms with Crippen LogP contribution in [0.1, 0.15) is 192 Å². The summed E-state index contributed by atoms with van der Waals surface area (Å²) in [6, 6.07) is 46.1. The zero-order valence-electron chi connectivity index (χ0n) is 86.1. The van der Waals surface area contributed by atoms with Gasteiger partial charge in [0.25, 0.3) is 5.97 Å². The standard InChI is InChI=1S/C18H16INS.C17H14BrNO2S.C15H10BrNO5.C13H10BrNO4S.C13H10NO4S.C11H10NS.6C4H9.C2H4O2.2Sn/c1-11-4-6-14(7-5-11)17-10-20-18(21-17)15-8-12(2)13(3)9-16(15)19;1-9-5-12(13(18)6-10(9)2)17-19-8-16(22-17)11-3-4-14(20)15(21)7-11;16-9-5-13(21)12(20)4-8(9)15-17-6-14(22-15)7-1-2-10(18)11(19)3-7;1-7(16)18-10-4-3-9(5-11(10)19-8(2)17)13-15-6-12(14)20-13;1-8(15)17-11-4-3-10(13-14-5-6-19-13)7-12(11)18-9(2)16;1-8-3-4-10(7-9(8)2)11-12-5-6-13-11;6*1-3-4-2;1-2(3)4;;/h4-10H,1-3H3;3-8,20-21H,1-2H3;1-6,18-21H;3-6H,1-2H3;3-5,7H,1-2H3;3-5,7H,1-2H3;6*1,3-4H2,2H3;1H3,(H,3,4);;. The van der Waals surface area contributed by atoms with Crippen LogP contribution in [0.15, 0.2) is 206 Å². The number of unbranched alkanes of at least 4 members (excludes halogenated alkanes) is 6. The van der Waals surface area contributed by atoms with E-state index >= 15 is 0 Å². The van der Waals surface area contributed by atoms with Gasteiger partial charge in [0.1, 0.15) is 15.0 Å². The summed E-state index contributed by atoms with van der Waals surface area (Å²) < 4.78 is 41.9. The van der Waals surface area contributed by atoms with E-state index in [4.69, 9.17) is 43.2 Å². The van der Waals surface area contributed by atoms with Gasteiger partial charge in [-0.05, 0) is 213 Å². The molecule has 0 saturated heterocycles. The molecule has 9 aromatic carbocycles. The minimum Gasteiger partial charge on any atom is -0.504 e. The van der Waals surface area contributed by atoms with E-state index in [2.05, 4.69) is 259 Å². The Morgan fingerprint density at radius 2 is 0.687 bits per heavy atom. The second kappa shape index (κ2) is 59.2. The number of benzene rings is 9. The number of halogens is 4. The van der Waals surface area contributed by atoms with E-state index in [9.17, 15) is 49.8 Å². The van der Waals surface area contributed by atoms with Gasteiger partial charge in [0.2, 0.25) is 5.89 Å². The number of carboxylic acid groups (broad SMARTS) is 1. The van der Waals surface area contributed by atoms with Gasteiger partial charge in [-0.3, -0.25) is 14.4 Å². The summed E-state index contributed by atoms with van der Waals surface area (Å²) in [5, 5.41) is 69.2. The van der Waals surface area contributed by atoms with E-state index in [1.807, 2.05) is 34.9 Å². The van der Waals surface area contributed by atoms with Crippen molar-refractivity contribution >= 4 is 199 Å². The number of carbonyl (C=O) groups excluding carboxylic acids is 4. The van der Waals surface area contributed by atoms with Crippen molar-refractivity contribution in [1.82, 2.24) is 29.9 Å². The van der Waals surface area contributed by atoms with Crippen molar-refractivity contribution in [3.05, 3.63) is 244 Å². The molecule has 147 heavy (non-hydrogen) atoms. The summed E-state index contributed by atoms with van der Waals surface area (Å²) in [6.45, 7) is 35.2. The maximum Gasteiger partial charge on any atom is 0.228 e. The maximum absolute atomic E-state index is 11.6. The molecule has 6 aromatic heterocycles. The molecule has 778 valence electrons. The van der Waals surface area contributed by atoms with Gasteiger partial charge in [-0.1, -0.05) is 45.8 Å². The number of ether oxygens (including phenoxy) is 4. The first-order valence-corrected chi connectivity index (χ1v) is 71.1. The zero-order valence-corrected chi connectivity index (χ0v) is 103. The van der Waals surface area contributed by atoms with E-state index in [-0.39, 0.29) is 63.4 Å². The number of phenols is 6. The predicted octanol–water partition coefficient (Wildman–Crippen LogP) is 32.6. The number of carbonyl (C=O) groups is 5. The van der Waals surface area contributed by atoms with E-state index in [1.54, 1.807) is 89.4 Å². The third-order valence-corrected chi connectivity index (χ3v) is 68.3. The molecule has 15 rings (SSSR count). The molecule has 0 aliphatic rings. The minimum atomic E-state index is -2.54. The number of phenolic OH excluding ortho intramolecular Hbond substituents is 6. The van der Waals surface area contributed by atoms with Crippen molar-refractivity contribution in [1.29, 1.82) is 0 Å². The summed E-state index contributed by atoms with van der Waals surface area (Å²) in [6.07, 6.45) is 27.3. The molecular weight excluding hydrogens is 2480 g/mol. The molecule has 0 atom stereocenters. The van der Waals surface area contributed by atoms with Crippen molar-refractivity contribution in [2.75, 3.05) is 0 Å². The third kappa shape index (κ3) is 36.0. The number of nitrogens with zero attached hydrogens (tertiary/aromatic N) is 6. The number of esters is 4. The van der Waals surface area contributed by atoms with Crippen LogP contribution in [0.2, 0.25) is 26.6 Å². The normalized spacial score (nSPS) is 10.9. The van der Waals surface area contributed by atoms with Crippen molar-refractivity contribution in [3.63, 3.8) is 0 Å². The first-order valence-electron chi connectivity index (χ1n) is 48.6. The summed E-state index contributed by atoms with van der Waals surface area (Å²) in [5.41, 5.74) is 17.5. The molecule has 15 aromatic rings. The van der Waals surface area contributed by atoms with E-state index in [1.165, 1.54) is 248 Å². The van der Waals surface area contributed by atoms with Crippen molar-refractivity contribution < 1.29 is 83.1 Å². The Morgan fingerprint density at radius 1 is 0.333 bits per heavy atom. The summed E-state index contributed by atoms with van der Waals surface area (Å²) in [5.74, 6) is -2.51.